The summed E-state index contributed by atoms with van der Waals surface area (Å²) in [5.41, 5.74) is 1.37. The summed E-state index contributed by atoms with van der Waals surface area (Å²) >= 11 is 1.48. The van der Waals surface area contributed by atoms with Gasteiger partial charge in [0.15, 0.2) is 0 Å². The second kappa shape index (κ2) is 5.17. The highest BCUT2D eigenvalue weighted by atomic mass is 32.1. The summed E-state index contributed by atoms with van der Waals surface area (Å²) in [5.74, 6) is 0. The molecule has 0 fully saturated rings. The largest absolute Gasteiger partial charge is 0.391 e. The highest BCUT2D eigenvalue weighted by Crippen LogP contribution is 2.31. The fourth-order valence-electron chi connectivity index (χ4n) is 1.72. The van der Waals surface area contributed by atoms with E-state index in [0.29, 0.717) is 11.8 Å². The molecule has 2 aromatic rings. The molecule has 0 aliphatic heterocycles. The molecule has 0 unspecified atom stereocenters. The van der Waals surface area contributed by atoms with E-state index in [-0.39, 0.29) is 0 Å². The molecule has 1 aromatic carbocycles. The van der Waals surface area contributed by atoms with Gasteiger partial charge in [0.25, 0.3) is 0 Å². The highest BCUT2D eigenvalue weighted by Gasteiger charge is 2.15. The number of rotatable bonds is 4. The predicted octanol–water partition coefficient (Wildman–Crippen LogP) is 2.13. The third kappa shape index (κ3) is 2.21. The van der Waals surface area contributed by atoms with Crippen LogP contribution in [0.2, 0.25) is 0 Å². The topological polar surface area (TPSA) is 73.1 Å². The second-order valence-corrected chi connectivity index (χ2v) is 4.90. The summed E-state index contributed by atoms with van der Waals surface area (Å²) < 4.78 is 0.887. The van der Waals surface area contributed by atoms with Crippen molar-refractivity contribution in [1.29, 1.82) is 5.26 Å². The maximum absolute atomic E-state index is 10.9. The Labute approximate surface area is 108 Å². The van der Waals surface area contributed by atoms with Crippen LogP contribution in [0.5, 0.6) is 0 Å². The third-order valence-corrected chi connectivity index (χ3v) is 3.67. The number of carbonyl (C=O) groups is 1. The van der Waals surface area contributed by atoms with Gasteiger partial charge in [-0.3, -0.25) is 0 Å². The predicted molar refractivity (Wildman–Crippen MR) is 71.7 cm³/mol. The Balaban J connectivity index is 2.44. The van der Waals surface area contributed by atoms with Gasteiger partial charge in [-0.25, -0.2) is 0 Å². The van der Waals surface area contributed by atoms with Gasteiger partial charge in [0.2, 0.25) is 0 Å². The monoisotopic (exact) mass is 260 g/mol. The number of thiophene rings is 1. The van der Waals surface area contributed by atoms with Crippen LogP contribution in [0.3, 0.4) is 0 Å². The number of hydrogen-bond donors (Lipinski definition) is 2. The standard InChI is InChI=1S/C13H12N2O2S/c1-8(17)12(7-16)15-11-3-2-9(6-14)13-10(11)4-5-18-13/h2-5,7-8,12,15,17H,1H3/t8-,12+/m1/s1. The SMILES string of the molecule is C[C@@H](O)[C@H](C=O)Nc1ccc(C#N)c2sccc12. The molecule has 18 heavy (non-hydrogen) atoms. The van der Waals surface area contributed by atoms with E-state index in [1.807, 2.05) is 11.4 Å². The van der Waals surface area contributed by atoms with Crippen molar-refractivity contribution >= 4 is 33.4 Å². The first kappa shape index (κ1) is 12.6. The van der Waals surface area contributed by atoms with E-state index in [9.17, 15) is 9.90 Å². The Morgan fingerprint density at radius 3 is 2.89 bits per heavy atom. The molecule has 1 aromatic heterocycles. The molecule has 0 spiro atoms. The number of nitrogens with one attached hydrogen (secondary N) is 1. The van der Waals surface area contributed by atoms with E-state index in [4.69, 9.17) is 5.26 Å². The van der Waals surface area contributed by atoms with Gasteiger partial charge in [-0.05, 0) is 30.5 Å². The zero-order chi connectivity index (χ0) is 13.1. The number of aliphatic hydroxyl groups excluding tert-OH is 1. The fraction of sp³-hybridized carbons (Fsp3) is 0.231. The molecule has 0 radical (unpaired) electrons. The van der Waals surface area contributed by atoms with Gasteiger partial charge in [-0.1, -0.05) is 0 Å². The maximum atomic E-state index is 10.9. The summed E-state index contributed by atoms with van der Waals surface area (Å²) in [7, 11) is 0. The number of nitrogens with zero attached hydrogens (tertiary/aromatic N) is 1. The van der Waals surface area contributed by atoms with Gasteiger partial charge >= 0.3 is 0 Å². The average molecular weight is 260 g/mol. The Hall–Kier alpha value is -1.90. The zero-order valence-corrected chi connectivity index (χ0v) is 10.6. The van der Waals surface area contributed by atoms with Crippen molar-refractivity contribution in [1.82, 2.24) is 0 Å². The first-order valence-electron chi connectivity index (χ1n) is 5.47. The summed E-state index contributed by atoms with van der Waals surface area (Å²) in [6, 6.07) is 6.85. The Morgan fingerprint density at radius 1 is 1.50 bits per heavy atom. The molecule has 0 aliphatic carbocycles. The zero-order valence-electron chi connectivity index (χ0n) is 9.75. The van der Waals surface area contributed by atoms with Crippen LogP contribution in [0.25, 0.3) is 10.1 Å². The number of aldehydes is 1. The molecule has 1 heterocycles. The van der Waals surface area contributed by atoms with Crippen LogP contribution in [0, 0.1) is 11.3 Å². The number of benzene rings is 1. The molecule has 0 saturated heterocycles. The fourth-order valence-corrected chi connectivity index (χ4v) is 2.61. The lowest BCUT2D eigenvalue weighted by Crippen LogP contribution is -2.32. The van der Waals surface area contributed by atoms with Gasteiger partial charge in [0.1, 0.15) is 18.4 Å². The molecule has 0 aliphatic rings. The smallest absolute Gasteiger partial charge is 0.144 e. The van der Waals surface area contributed by atoms with Crippen molar-refractivity contribution in [3.63, 3.8) is 0 Å². The molecule has 2 atom stereocenters. The lowest BCUT2D eigenvalue weighted by molar-refractivity contribution is -0.110. The average Bonchev–Trinajstić information content (AvgIpc) is 2.84. The van der Waals surface area contributed by atoms with Gasteiger partial charge in [0, 0.05) is 11.1 Å². The minimum absolute atomic E-state index is 0.616. The van der Waals surface area contributed by atoms with Gasteiger partial charge in [-0.15, -0.1) is 11.3 Å². The van der Waals surface area contributed by atoms with E-state index in [0.717, 1.165) is 15.8 Å². The number of hydrogen-bond acceptors (Lipinski definition) is 5. The molecule has 2 rings (SSSR count). The van der Waals surface area contributed by atoms with E-state index in [2.05, 4.69) is 11.4 Å². The van der Waals surface area contributed by atoms with Crippen LogP contribution >= 0.6 is 11.3 Å². The number of anilines is 1. The van der Waals surface area contributed by atoms with E-state index < -0.39 is 12.1 Å². The molecular formula is C13H12N2O2S. The lowest BCUT2D eigenvalue weighted by Gasteiger charge is -2.17. The molecule has 0 amide bonds. The van der Waals surface area contributed by atoms with Gasteiger partial charge in [-0.2, -0.15) is 5.26 Å². The Kier molecular flexibility index (Phi) is 3.60. The summed E-state index contributed by atoms with van der Waals surface area (Å²) in [5, 5.41) is 24.2. The maximum Gasteiger partial charge on any atom is 0.144 e. The number of fused-ring (bicyclic) bond motifs is 1. The van der Waals surface area contributed by atoms with E-state index >= 15 is 0 Å². The molecular weight excluding hydrogens is 248 g/mol. The quantitative estimate of drug-likeness (QED) is 0.826. The minimum Gasteiger partial charge on any atom is -0.391 e. The number of carbonyl (C=O) groups excluding carboxylic acids is 1. The summed E-state index contributed by atoms with van der Waals surface area (Å²) in [4.78, 5) is 10.9. The van der Waals surface area contributed by atoms with Crippen molar-refractivity contribution in [2.24, 2.45) is 0 Å². The van der Waals surface area contributed by atoms with Gasteiger partial charge < -0.3 is 15.2 Å². The number of aliphatic hydroxyl groups is 1. The van der Waals surface area contributed by atoms with Crippen LogP contribution in [-0.2, 0) is 4.79 Å². The molecule has 0 saturated carbocycles. The van der Waals surface area contributed by atoms with Crippen LogP contribution in [0.15, 0.2) is 23.6 Å². The Morgan fingerprint density at radius 2 is 2.28 bits per heavy atom. The van der Waals surface area contributed by atoms with Crippen LogP contribution in [-0.4, -0.2) is 23.5 Å². The van der Waals surface area contributed by atoms with Crippen molar-refractivity contribution < 1.29 is 9.90 Å². The van der Waals surface area contributed by atoms with Crippen molar-refractivity contribution in [2.75, 3.05) is 5.32 Å². The summed E-state index contributed by atoms with van der Waals surface area (Å²) in [6.07, 6.45) is -0.0898. The van der Waals surface area contributed by atoms with Crippen molar-refractivity contribution in [3.05, 3.63) is 29.1 Å². The van der Waals surface area contributed by atoms with E-state index in [1.54, 1.807) is 19.1 Å². The first-order valence-corrected chi connectivity index (χ1v) is 6.35. The first-order chi connectivity index (χ1) is 8.67. The molecule has 92 valence electrons. The lowest BCUT2D eigenvalue weighted by atomic mass is 10.1. The van der Waals surface area contributed by atoms with Crippen LogP contribution < -0.4 is 5.32 Å². The normalized spacial score (nSPS) is 13.8. The van der Waals surface area contributed by atoms with Crippen molar-refractivity contribution in [3.8, 4) is 6.07 Å². The van der Waals surface area contributed by atoms with E-state index in [1.165, 1.54) is 11.3 Å². The summed E-state index contributed by atoms with van der Waals surface area (Å²) in [6.45, 7) is 1.56. The van der Waals surface area contributed by atoms with Crippen LogP contribution in [0.4, 0.5) is 5.69 Å². The number of nitriles is 1. The molecule has 5 heteroatoms. The highest BCUT2D eigenvalue weighted by molar-refractivity contribution is 7.17. The molecule has 4 nitrogen and oxygen atoms in total. The molecule has 2 N–H and O–H groups in total. The van der Waals surface area contributed by atoms with Gasteiger partial charge in [0.05, 0.1) is 16.4 Å². The van der Waals surface area contributed by atoms with Crippen molar-refractivity contribution in [2.45, 2.75) is 19.1 Å². The second-order valence-electron chi connectivity index (χ2n) is 3.98. The molecule has 0 bridgehead atoms. The minimum atomic E-state index is -0.771. The Bertz CT molecular complexity index is 613. The van der Waals surface area contributed by atoms with Crippen LogP contribution in [0.1, 0.15) is 12.5 Å². The third-order valence-electron chi connectivity index (χ3n) is 2.73.